The maximum atomic E-state index is 12.5. The molecule has 1 saturated heterocycles. The van der Waals surface area contributed by atoms with E-state index in [2.05, 4.69) is 5.10 Å². The van der Waals surface area contributed by atoms with Gasteiger partial charge in [0.1, 0.15) is 0 Å². The first-order chi connectivity index (χ1) is 10.7. The summed E-state index contributed by atoms with van der Waals surface area (Å²) in [6.07, 6.45) is 8.11. The zero-order chi connectivity index (χ0) is 15.4. The second-order valence-electron chi connectivity index (χ2n) is 5.76. The number of aromatic nitrogens is 2. The molecule has 0 N–H and O–H groups in total. The van der Waals surface area contributed by atoms with Crippen LogP contribution in [0.1, 0.15) is 41.6 Å². The summed E-state index contributed by atoms with van der Waals surface area (Å²) in [5.74, 6) is 0.149. The highest BCUT2D eigenvalue weighted by Gasteiger charge is 2.16. The van der Waals surface area contributed by atoms with Gasteiger partial charge in [-0.25, -0.2) is 0 Å². The van der Waals surface area contributed by atoms with Crippen molar-refractivity contribution in [3.8, 4) is 0 Å². The molecule has 0 radical (unpaired) electrons. The molecule has 0 saturated carbocycles. The summed E-state index contributed by atoms with van der Waals surface area (Å²) in [5.41, 5.74) is 1.87. The maximum absolute atomic E-state index is 12.5. The summed E-state index contributed by atoms with van der Waals surface area (Å²) in [4.78, 5) is 14.5. The number of hydrogen-bond donors (Lipinski definition) is 0. The fourth-order valence-electron chi connectivity index (χ4n) is 2.82. The van der Waals surface area contributed by atoms with Gasteiger partial charge >= 0.3 is 0 Å². The molecule has 1 amide bonds. The Hall–Kier alpha value is -1.81. The third-order valence-corrected chi connectivity index (χ3v) is 4.24. The zero-order valence-electron chi connectivity index (χ0n) is 12.5. The molecule has 4 nitrogen and oxygen atoms in total. The lowest BCUT2D eigenvalue weighted by Crippen LogP contribution is -2.31. The van der Waals surface area contributed by atoms with E-state index in [-0.39, 0.29) is 5.91 Å². The number of amides is 1. The quantitative estimate of drug-likeness (QED) is 0.867. The van der Waals surface area contributed by atoms with Crippen LogP contribution in [0.2, 0.25) is 5.02 Å². The second-order valence-corrected chi connectivity index (χ2v) is 6.20. The molecule has 5 heteroatoms. The lowest BCUT2D eigenvalue weighted by atomic mass is 10.1. The first-order valence-corrected chi connectivity index (χ1v) is 8.16. The number of carbonyl (C=O) groups excluding carboxylic acids is 1. The third-order valence-electron chi connectivity index (χ3n) is 4.04. The predicted molar refractivity (Wildman–Crippen MR) is 87.2 cm³/mol. The van der Waals surface area contributed by atoms with Crippen LogP contribution in [0.4, 0.5) is 0 Å². The van der Waals surface area contributed by atoms with Crippen LogP contribution >= 0.6 is 11.6 Å². The minimum Gasteiger partial charge on any atom is -0.339 e. The van der Waals surface area contributed by atoms with Crippen LogP contribution in [0.5, 0.6) is 0 Å². The molecule has 1 aliphatic rings. The van der Waals surface area contributed by atoms with Gasteiger partial charge in [0.25, 0.3) is 5.91 Å². The van der Waals surface area contributed by atoms with Gasteiger partial charge in [0.05, 0.1) is 17.8 Å². The van der Waals surface area contributed by atoms with Crippen LogP contribution in [0.3, 0.4) is 0 Å². The number of carbonyl (C=O) groups is 1. The van der Waals surface area contributed by atoms with Crippen LogP contribution in [-0.2, 0) is 6.54 Å². The van der Waals surface area contributed by atoms with E-state index < -0.39 is 0 Å². The highest BCUT2D eigenvalue weighted by molar-refractivity contribution is 6.30. The average Bonchev–Trinajstić information content (AvgIpc) is 2.78. The fraction of sp³-hybridized carbons (Fsp3) is 0.412. The van der Waals surface area contributed by atoms with Crippen molar-refractivity contribution in [1.82, 2.24) is 14.7 Å². The van der Waals surface area contributed by atoms with E-state index in [1.165, 1.54) is 12.8 Å². The summed E-state index contributed by atoms with van der Waals surface area (Å²) < 4.78 is 1.79. The van der Waals surface area contributed by atoms with E-state index in [1.807, 2.05) is 29.2 Å². The molecule has 0 unspecified atom stereocenters. The summed E-state index contributed by atoms with van der Waals surface area (Å²) in [7, 11) is 0. The number of benzene rings is 1. The zero-order valence-corrected chi connectivity index (χ0v) is 13.3. The van der Waals surface area contributed by atoms with Gasteiger partial charge < -0.3 is 4.90 Å². The van der Waals surface area contributed by atoms with Gasteiger partial charge in [0.15, 0.2) is 0 Å². The Morgan fingerprint density at radius 3 is 2.36 bits per heavy atom. The van der Waals surface area contributed by atoms with Crippen molar-refractivity contribution in [1.29, 1.82) is 0 Å². The van der Waals surface area contributed by atoms with Gasteiger partial charge in [-0.3, -0.25) is 9.48 Å². The monoisotopic (exact) mass is 317 g/mol. The minimum atomic E-state index is 0.149. The molecule has 22 heavy (non-hydrogen) atoms. The molecular weight excluding hydrogens is 298 g/mol. The topological polar surface area (TPSA) is 38.1 Å². The average molecular weight is 318 g/mol. The van der Waals surface area contributed by atoms with E-state index >= 15 is 0 Å². The fourth-order valence-corrected chi connectivity index (χ4v) is 2.98. The van der Waals surface area contributed by atoms with Gasteiger partial charge in [0.2, 0.25) is 0 Å². The van der Waals surface area contributed by atoms with Gasteiger partial charge in [-0.05, 0) is 30.5 Å². The molecule has 1 aromatic carbocycles. The van der Waals surface area contributed by atoms with Crippen molar-refractivity contribution in [3.63, 3.8) is 0 Å². The summed E-state index contributed by atoms with van der Waals surface area (Å²) in [6.45, 7) is 2.42. The molecule has 2 aromatic rings. The van der Waals surface area contributed by atoms with Crippen LogP contribution < -0.4 is 0 Å². The highest BCUT2D eigenvalue weighted by atomic mass is 35.5. The number of rotatable bonds is 3. The molecule has 2 heterocycles. The Labute approximate surface area is 135 Å². The Kier molecular flexibility index (Phi) is 4.78. The van der Waals surface area contributed by atoms with Gasteiger partial charge in [-0.1, -0.05) is 36.6 Å². The van der Waals surface area contributed by atoms with E-state index in [0.29, 0.717) is 11.6 Å². The minimum absolute atomic E-state index is 0.149. The standard InChI is InChI=1S/C17H20ClN3O/c18-16-11-19-21(13-16)12-14-5-7-15(8-6-14)17(22)20-9-3-1-2-4-10-20/h5-8,11,13H,1-4,9-10,12H2. The lowest BCUT2D eigenvalue weighted by molar-refractivity contribution is 0.0761. The Bertz CT molecular complexity index is 628. The molecule has 0 atom stereocenters. The maximum Gasteiger partial charge on any atom is 0.253 e. The smallest absolute Gasteiger partial charge is 0.253 e. The van der Waals surface area contributed by atoms with E-state index in [9.17, 15) is 4.79 Å². The molecule has 1 aromatic heterocycles. The molecule has 116 valence electrons. The molecule has 0 spiro atoms. The lowest BCUT2D eigenvalue weighted by Gasteiger charge is -2.20. The third kappa shape index (κ3) is 3.69. The van der Waals surface area contributed by atoms with Gasteiger partial charge in [0, 0.05) is 24.8 Å². The molecule has 1 aliphatic heterocycles. The number of hydrogen-bond acceptors (Lipinski definition) is 2. The van der Waals surface area contributed by atoms with Crippen LogP contribution in [-0.4, -0.2) is 33.7 Å². The van der Waals surface area contributed by atoms with Gasteiger partial charge in [-0.2, -0.15) is 5.10 Å². The van der Waals surface area contributed by atoms with Crippen LogP contribution in [0, 0.1) is 0 Å². The highest BCUT2D eigenvalue weighted by Crippen LogP contribution is 2.15. The predicted octanol–water partition coefficient (Wildman–Crippen LogP) is 3.60. The van der Waals surface area contributed by atoms with E-state index in [0.717, 1.165) is 37.1 Å². The van der Waals surface area contributed by atoms with Crippen molar-refractivity contribution in [2.24, 2.45) is 0 Å². The van der Waals surface area contributed by atoms with Crippen molar-refractivity contribution in [2.75, 3.05) is 13.1 Å². The number of halogens is 1. The summed E-state index contributed by atoms with van der Waals surface area (Å²) in [6, 6.07) is 7.79. The second kappa shape index (κ2) is 6.97. The SMILES string of the molecule is O=C(c1ccc(Cn2cc(Cl)cn2)cc1)N1CCCCCC1. The molecule has 0 bridgehead atoms. The van der Waals surface area contributed by atoms with Crippen LogP contribution in [0.25, 0.3) is 0 Å². The Morgan fingerprint density at radius 1 is 1.09 bits per heavy atom. The first-order valence-electron chi connectivity index (χ1n) is 7.78. The van der Waals surface area contributed by atoms with Crippen molar-refractivity contribution < 1.29 is 4.79 Å². The molecule has 0 aliphatic carbocycles. The Morgan fingerprint density at radius 2 is 1.77 bits per heavy atom. The Balaban J connectivity index is 1.66. The molecule has 1 fully saturated rings. The largest absolute Gasteiger partial charge is 0.339 e. The summed E-state index contributed by atoms with van der Waals surface area (Å²) in [5, 5.41) is 4.79. The first kappa shape index (κ1) is 15.1. The molecule has 3 rings (SSSR count). The number of likely N-dealkylation sites (tertiary alicyclic amines) is 1. The van der Waals surface area contributed by atoms with E-state index in [1.54, 1.807) is 17.1 Å². The summed E-state index contributed by atoms with van der Waals surface area (Å²) >= 11 is 5.86. The van der Waals surface area contributed by atoms with E-state index in [4.69, 9.17) is 11.6 Å². The van der Waals surface area contributed by atoms with Crippen LogP contribution in [0.15, 0.2) is 36.7 Å². The molecular formula is C17H20ClN3O. The van der Waals surface area contributed by atoms with Crippen molar-refractivity contribution in [2.45, 2.75) is 32.2 Å². The van der Waals surface area contributed by atoms with Crippen molar-refractivity contribution in [3.05, 3.63) is 52.8 Å². The van der Waals surface area contributed by atoms with Crippen molar-refractivity contribution >= 4 is 17.5 Å². The van der Waals surface area contributed by atoms with Gasteiger partial charge in [-0.15, -0.1) is 0 Å². The number of nitrogens with zero attached hydrogens (tertiary/aromatic N) is 3. The normalized spacial score (nSPS) is 15.6.